The molecule has 0 saturated heterocycles. The van der Waals surface area contributed by atoms with Crippen molar-refractivity contribution in [3.8, 4) is 5.75 Å². The summed E-state index contributed by atoms with van der Waals surface area (Å²) in [5, 5.41) is 5.23. The number of unbranched alkanes of at least 4 members (excludes halogenated alkanes) is 1. The topological polar surface area (TPSA) is 67.4 Å². The second kappa shape index (κ2) is 14.9. The Labute approximate surface area is 259 Å². The zero-order valence-electron chi connectivity index (χ0n) is 26.9. The van der Waals surface area contributed by atoms with E-state index < -0.39 is 16.7 Å². The molecule has 232 valence electrons. The molecule has 0 aliphatic heterocycles. The lowest BCUT2D eigenvalue weighted by Gasteiger charge is -2.38. The first-order chi connectivity index (χ1) is 19.8. The van der Waals surface area contributed by atoms with Gasteiger partial charge in [0, 0.05) is 22.7 Å². The molecule has 3 rings (SSSR count). The van der Waals surface area contributed by atoms with Gasteiger partial charge in [0.25, 0.3) is 0 Å². The van der Waals surface area contributed by atoms with Crippen molar-refractivity contribution in [2.75, 3.05) is 18.5 Å². The number of Topliss-reactive ketones (excluding diaryl/α,β-unsaturated/α-hetero) is 1. The van der Waals surface area contributed by atoms with E-state index in [0.29, 0.717) is 18.7 Å². The lowest BCUT2D eigenvalue weighted by Crippen LogP contribution is -2.47. The summed E-state index contributed by atoms with van der Waals surface area (Å²) in [6, 6.07) is 16.1. The maximum Gasteiger partial charge on any atom is 0.250 e. The van der Waals surface area contributed by atoms with E-state index in [-0.39, 0.29) is 22.7 Å². The van der Waals surface area contributed by atoms with E-state index in [1.807, 2.05) is 25.1 Å². The minimum atomic E-state index is -1.20. The van der Waals surface area contributed by atoms with Crippen LogP contribution in [0.2, 0.25) is 0 Å². The highest BCUT2D eigenvalue weighted by Gasteiger charge is 2.43. The quantitative estimate of drug-likeness (QED) is 0.123. The molecule has 42 heavy (non-hydrogen) atoms. The van der Waals surface area contributed by atoms with Gasteiger partial charge in [-0.1, -0.05) is 85.2 Å². The number of benzene rings is 2. The third-order valence-electron chi connectivity index (χ3n) is 9.59. The molecule has 0 radical (unpaired) electrons. The van der Waals surface area contributed by atoms with Gasteiger partial charge < -0.3 is 15.4 Å². The second-order valence-corrected chi connectivity index (χ2v) is 14.1. The standard InChI is InChI=1S/C36H53ClN2O3/c1-8-34(3,4)26-19-20-30(29(24-26)35(5,6)9-2)42-23-14-13-22-38-28-18-15-21-36(7,25-28)32(40)31(37)33(41)39-27-16-11-10-12-17-27/h10-12,16-17,19-20,24,28,31,38H,8-9,13-15,18,21-23,25H2,1-7H3,(H,39,41). The summed E-state index contributed by atoms with van der Waals surface area (Å²) >= 11 is 6.41. The summed E-state index contributed by atoms with van der Waals surface area (Å²) in [7, 11) is 0. The molecule has 6 heteroatoms. The number of nitrogens with one attached hydrogen (secondary N) is 2. The van der Waals surface area contributed by atoms with Gasteiger partial charge in [-0.15, -0.1) is 11.6 Å². The van der Waals surface area contributed by atoms with Crippen LogP contribution in [0.25, 0.3) is 0 Å². The van der Waals surface area contributed by atoms with Crippen LogP contribution in [0.3, 0.4) is 0 Å². The van der Waals surface area contributed by atoms with Crippen LogP contribution in [0.15, 0.2) is 48.5 Å². The van der Waals surface area contributed by atoms with Gasteiger partial charge in [0.05, 0.1) is 6.61 Å². The number of ether oxygens (including phenoxy) is 1. The number of anilines is 1. The van der Waals surface area contributed by atoms with Gasteiger partial charge in [0.1, 0.15) is 5.75 Å². The minimum absolute atomic E-state index is 0.0477. The molecule has 0 bridgehead atoms. The maximum absolute atomic E-state index is 13.3. The third-order valence-corrected chi connectivity index (χ3v) is 9.99. The predicted octanol–water partition coefficient (Wildman–Crippen LogP) is 8.57. The van der Waals surface area contributed by atoms with E-state index in [1.165, 1.54) is 11.1 Å². The average Bonchev–Trinajstić information content (AvgIpc) is 2.98. The largest absolute Gasteiger partial charge is 0.493 e. The Hall–Kier alpha value is -2.37. The van der Waals surface area contributed by atoms with Crippen LogP contribution in [0, 0.1) is 5.41 Å². The van der Waals surface area contributed by atoms with Crippen LogP contribution in [0.1, 0.15) is 111 Å². The molecule has 1 aliphatic rings. The average molecular weight is 597 g/mol. The molecule has 1 fully saturated rings. The molecule has 0 heterocycles. The van der Waals surface area contributed by atoms with Crippen molar-refractivity contribution in [2.24, 2.45) is 5.41 Å². The predicted molar refractivity (Wildman–Crippen MR) is 176 cm³/mol. The number of carbonyl (C=O) groups excluding carboxylic acids is 2. The fourth-order valence-electron chi connectivity index (χ4n) is 5.75. The van der Waals surface area contributed by atoms with E-state index in [0.717, 1.165) is 57.2 Å². The highest BCUT2D eigenvalue weighted by atomic mass is 35.5. The first-order valence-corrected chi connectivity index (χ1v) is 16.3. The lowest BCUT2D eigenvalue weighted by atomic mass is 9.70. The van der Waals surface area contributed by atoms with Crippen molar-refractivity contribution < 1.29 is 14.3 Å². The van der Waals surface area contributed by atoms with Gasteiger partial charge in [-0.25, -0.2) is 0 Å². The third kappa shape index (κ3) is 8.83. The second-order valence-electron chi connectivity index (χ2n) is 13.6. The van der Waals surface area contributed by atoms with Crippen LogP contribution < -0.4 is 15.4 Å². The van der Waals surface area contributed by atoms with Gasteiger partial charge in [-0.3, -0.25) is 9.59 Å². The molecule has 2 N–H and O–H groups in total. The summed E-state index contributed by atoms with van der Waals surface area (Å²) in [5.74, 6) is 0.356. The molecule has 2 aromatic rings. The highest BCUT2D eigenvalue weighted by Crippen LogP contribution is 2.40. The van der Waals surface area contributed by atoms with Gasteiger partial charge in [0.15, 0.2) is 11.2 Å². The number of ketones is 1. The summed E-state index contributed by atoms with van der Waals surface area (Å²) in [5.41, 5.74) is 2.88. The molecular weight excluding hydrogens is 544 g/mol. The Balaban J connectivity index is 1.48. The number of rotatable bonds is 15. The van der Waals surface area contributed by atoms with Crippen molar-refractivity contribution in [2.45, 2.75) is 122 Å². The highest BCUT2D eigenvalue weighted by molar-refractivity contribution is 6.43. The van der Waals surface area contributed by atoms with Crippen LogP contribution in [-0.2, 0) is 20.4 Å². The lowest BCUT2D eigenvalue weighted by molar-refractivity contribution is -0.133. The summed E-state index contributed by atoms with van der Waals surface area (Å²) in [4.78, 5) is 26.0. The number of halogens is 1. The first kappa shape index (κ1) is 34.1. The van der Waals surface area contributed by atoms with Gasteiger partial charge in [-0.2, -0.15) is 0 Å². The number of alkyl halides is 1. The van der Waals surface area contributed by atoms with Crippen molar-refractivity contribution in [1.29, 1.82) is 0 Å². The van der Waals surface area contributed by atoms with Crippen LogP contribution in [0.5, 0.6) is 5.75 Å². The summed E-state index contributed by atoms with van der Waals surface area (Å²) < 4.78 is 6.35. The van der Waals surface area contributed by atoms with E-state index in [9.17, 15) is 9.59 Å². The summed E-state index contributed by atoms with van der Waals surface area (Å²) in [6.45, 7) is 17.2. The Morgan fingerprint density at radius 1 is 1.02 bits per heavy atom. The summed E-state index contributed by atoms with van der Waals surface area (Å²) in [6.07, 6.45) is 7.50. The fourth-order valence-corrected chi connectivity index (χ4v) is 6.07. The molecular formula is C36H53ClN2O3. The van der Waals surface area contributed by atoms with Crippen LogP contribution >= 0.6 is 11.6 Å². The number of para-hydroxylation sites is 1. The normalized spacial score (nSPS) is 20.1. The van der Waals surface area contributed by atoms with Crippen molar-refractivity contribution in [3.05, 3.63) is 59.7 Å². The van der Waals surface area contributed by atoms with Crippen molar-refractivity contribution >= 4 is 29.0 Å². The van der Waals surface area contributed by atoms with Gasteiger partial charge in [-0.05, 0) is 86.1 Å². The molecule has 0 spiro atoms. The Bertz CT molecular complexity index is 1180. The number of hydrogen-bond acceptors (Lipinski definition) is 4. The molecule has 3 atom stereocenters. The Kier molecular flexibility index (Phi) is 12.1. The van der Waals surface area contributed by atoms with Crippen molar-refractivity contribution in [3.63, 3.8) is 0 Å². The molecule has 1 amide bonds. The number of amides is 1. The zero-order chi connectivity index (χ0) is 31.0. The van der Waals surface area contributed by atoms with Gasteiger partial charge >= 0.3 is 0 Å². The van der Waals surface area contributed by atoms with E-state index >= 15 is 0 Å². The van der Waals surface area contributed by atoms with E-state index in [1.54, 1.807) is 12.1 Å². The minimum Gasteiger partial charge on any atom is -0.493 e. The smallest absolute Gasteiger partial charge is 0.250 e. The Morgan fingerprint density at radius 3 is 2.38 bits per heavy atom. The van der Waals surface area contributed by atoms with Crippen LogP contribution in [0.4, 0.5) is 5.69 Å². The molecule has 2 aromatic carbocycles. The molecule has 3 unspecified atom stereocenters. The first-order valence-electron chi connectivity index (χ1n) is 15.9. The van der Waals surface area contributed by atoms with Crippen molar-refractivity contribution in [1.82, 2.24) is 5.32 Å². The SMILES string of the molecule is CCC(C)(C)c1ccc(OCCCCNC2CCCC(C)(C(=O)C(Cl)C(=O)Nc3ccccc3)C2)c(C(C)(C)CC)c1. The molecule has 1 aliphatic carbocycles. The van der Waals surface area contributed by atoms with Gasteiger partial charge in [0.2, 0.25) is 5.91 Å². The number of carbonyl (C=O) groups is 2. The molecule has 0 aromatic heterocycles. The van der Waals surface area contributed by atoms with Crippen LogP contribution in [-0.4, -0.2) is 36.3 Å². The molecule has 1 saturated carbocycles. The number of hydrogen-bond donors (Lipinski definition) is 2. The Morgan fingerprint density at radius 2 is 1.71 bits per heavy atom. The maximum atomic E-state index is 13.3. The molecule has 5 nitrogen and oxygen atoms in total. The fraction of sp³-hybridized carbons (Fsp3) is 0.611. The van der Waals surface area contributed by atoms with E-state index in [2.05, 4.69) is 70.4 Å². The monoisotopic (exact) mass is 596 g/mol. The van der Waals surface area contributed by atoms with E-state index in [4.69, 9.17) is 16.3 Å². The zero-order valence-corrected chi connectivity index (χ0v) is 27.7.